The molecule has 0 fully saturated rings. The molecule has 7 nitrogen and oxygen atoms in total. The van der Waals surface area contributed by atoms with E-state index in [9.17, 15) is 4.79 Å². The third-order valence-electron chi connectivity index (χ3n) is 5.38. The standard InChI is InChI=1S/C26H22FN5O2/c27-24-20(22-13-14-23-25(29-22)31-32-30-23)7-4-8-21(24)26(33)28-19-11-9-18(10-12-19)16-34-15-17-5-2-1-3-6-17/h1-14,30,32H,15-16H2,(H,28,33)(H,29,31). The van der Waals surface area contributed by atoms with E-state index in [1.165, 1.54) is 6.07 Å². The molecule has 1 aromatic heterocycles. The lowest BCUT2D eigenvalue weighted by Gasteiger charge is -2.10. The Morgan fingerprint density at radius 1 is 0.853 bits per heavy atom. The highest BCUT2D eigenvalue weighted by Crippen LogP contribution is 2.29. The monoisotopic (exact) mass is 455 g/mol. The molecular weight excluding hydrogens is 433 g/mol. The van der Waals surface area contributed by atoms with Crippen LogP contribution in [0.5, 0.6) is 0 Å². The second-order valence-electron chi connectivity index (χ2n) is 7.76. The quantitative estimate of drug-likeness (QED) is 0.310. The molecule has 3 aromatic carbocycles. The second kappa shape index (κ2) is 9.70. The third kappa shape index (κ3) is 4.73. The number of hydrogen-bond donors (Lipinski definition) is 4. The molecule has 0 radical (unpaired) electrons. The van der Waals surface area contributed by atoms with Crippen LogP contribution in [0.2, 0.25) is 0 Å². The fraction of sp³-hybridized carbons (Fsp3) is 0.0769. The first-order chi connectivity index (χ1) is 16.7. The van der Waals surface area contributed by atoms with Gasteiger partial charge in [-0.3, -0.25) is 10.2 Å². The maximum atomic E-state index is 15.2. The van der Waals surface area contributed by atoms with Gasteiger partial charge in [-0.2, -0.15) is 0 Å². The Balaban J connectivity index is 1.24. The van der Waals surface area contributed by atoms with E-state index in [2.05, 4.69) is 26.7 Å². The molecule has 5 rings (SSSR count). The number of hydrogen-bond acceptors (Lipinski definition) is 6. The van der Waals surface area contributed by atoms with Crippen LogP contribution in [0.25, 0.3) is 11.3 Å². The highest BCUT2D eigenvalue weighted by Gasteiger charge is 2.19. The van der Waals surface area contributed by atoms with Gasteiger partial charge in [-0.05, 0) is 47.5 Å². The van der Waals surface area contributed by atoms with Crippen LogP contribution in [-0.2, 0) is 18.0 Å². The highest BCUT2D eigenvalue weighted by molar-refractivity contribution is 6.05. The van der Waals surface area contributed by atoms with Crippen molar-refractivity contribution in [2.75, 3.05) is 16.2 Å². The number of ether oxygens (including phenoxy) is 1. The zero-order valence-electron chi connectivity index (χ0n) is 18.1. The van der Waals surface area contributed by atoms with Crippen LogP contribution in [0.1, 0.15) is 21.5 Å². The molecule has 4 N–H and O–H groups in total. The minimum Gasteiger partial charge on any atom is -0.372 e. The first kappa shape index (κ1) is 21.6. The van der Waals surface area contributed by atoms with E-state index in [1.807, 2.05) is 42.5 Å². The van der Waals surface area contributed by atoms with Crippen LogP contribution in [0.3, 0.4) is 0 Å². The fourth-order valence-corrected chi connectivity index (χ4v) is 3.61. The lowest BCUT2D eigenvalue weighted by molar-refractivity contribution is 0.102. The number of nitrogens with zero attached hydrogens (tertiary/aromatic N) is 1. The third-order valence-corrected chi connectivity index (χ3v) is 5.38. The molecule has 0 unspecified atom stereocenters. The van der Waals surface area contributed by atoms with E-state index < -0.39 is 11.7 Å². The number of benzene rings is 3. The van der Waals surface area contributed by atoms with Gasteiger partial charge in [0.25, 0.3) is 5.91 Å². The van der Waals surface area contributed by atoms with Gasteiger partial charge in [-0.15, -0.1) is 5.53 Å². The predicted octanol–water partition coefficient (Wildman–Crippen LogP) is 5.11. The maximum Gasteiger partial charge on any atom is 0.258 e. The molecule has 1 aliphatic rings. The summed E-state index contributed by atoms with van der Waals surface area (Å²) in [7, 11) is 0. The van der Waals surface area contributed by atoms with Crippen molar-refractivity contribution in [3.63, 3.8) is 0 Å². The van der Waals surface area contributed by atoms with Crippen molar-refractivity contribution in [2.45, 2.75) is 13.2 Å². The summed E-state index contributed by atoms with van der Waals surface area (Å²) < 4.78 is 21.0. The SMILES string of the molecule is O=C(Nc1ccc(COCc2ccccc2)cc1)c1cccc(-c2ccc3c(n2)NNN3)c1F. The van der Waals surface area contributed by atoms with E-state index in [0.29, 0.717) is 30.4 Å². The molecule has 0 saturated heterocycles. The lowest BCUT2D eigenvalue weighted by atomic mass is 10.1. The maximum absolute atomic E-state index is 15.2. The van der Waals surface area contributed by atoms with E-state index in [1.54, 1.807) is 36.4 Å². The Morgan fingerprint density at radius 3 is 2.41 bits per heavy atom. The molecular formula is C26H22FN5O2. The number of hydrazine groups is 2. The molecule has 1 aliphatic heterocycles. The number of pyridine rings is 1. The predicted molar refractivity (Wildman–Crippen MR) is 129 cm³/mol. The van der Waals surface area contributed by atoms with Crippen molar-refractivity contribution in [1.29, 1.82) is 0 Å². The zero-order valence-corrected chi connectivity index (χ0v) is 18.1. The summed E-state index contributed by atoms with van der Waals surface area (Å²) in [5.41, 5.74) is 12.5. The Labute approximate surface area is 195 Å². The van der Waals surface area contributed by atoms with Crippen LogP contribution >= 0.6 is 0 Å². The summed E-state index contributed by atoms with van der Waals surface area (Å²) in [6.45, 7) is 0.977. The highest BCUT2D eigenvalue weighted by atomic mass is 19.1. The number of nitrogens with one attached hydrogen (secondary N) is 4. The lowest BCUT2D eigenvalue weighted by Crippen LogP contribution is -2.19. The summed E-state index contributed by atoms with van der Waals surface area (Å²) in [4.78, 5) is 17.2. The Hall–Kier alpha value is -4.27. The average molecular weight is 455 g/mol. The molecule has 4 aromatic rings. The van der Waals surface area contributed by atoms with Gasteiger partial charge in [0.2, 0.25) is 0 Å². The van der Waals surface area contributed by atoms with Gasteiger partial charge in [-0.1, -0.05) is 48.5 Å². The minimum absolute atomic E-state index is 0.0562. The zero-order chi connectivity index (χ0) is 23.3. The molecule has 0 bridgehead atoms. The normalized spacial score (nSPS) is 11.9. The van der Waals surface area contributed by atoms with Crippen LogP contribution in [-0.4, -0.2) is 10.9 Å². The van der Waals surface area contributed by atoms with Gasteiger partial charge in [0, 0.05) is 11.3 Å². The average Bonchev–Trinajstić information content (AvgIpc) is 3.34. The van der Waals surface area contributed by atoms with Gasteiger partial charge in [0.05, 0.1) is 30.2 Å². The first-order valence-corrected chi connectivity index (χ1v) is 10.8. The molecule has 34 heavy (non-hydrogen) atoms. The number of halogens is 1. The first-order valence-electron chi connectivity index (χ1n) is 10.8. The number of rotatable bonds is 7. The second-order valence-corrected chi connectivity index (χ2v) is 7.76. The summed E-state index contributed by atoms with van der Waals surface area (Å²) in [6.07, 6.45) is 0. The molecule has 2 heterocycles. The summed E-state index contributed by atoms with van der Waals surface area (Å²) in [5, 5.41) is 2.76. The topological polar surface area (TPSA) is 87.3 Å². The molecule has 8 heteroatoms. The fourth-order valence-electron chi connectivity index (χ4n) is 3.61. The number of fused-ring (bicyclic) bond motifs is 1. The van der Waals surface area contributed by atoms with E-state index in [-0.39, 0.29) is 11.1 Å². The van der Waals surface area contributed by atoms with E-state index in [4.69, 9.17) is 4.74 Å². The van der Waals surface area contributed by atoms with Crippen molar-refractivity contribution < 1.29 is 13.9 Å². The van der Waals surface area contributed by atoms with Crippen LogP contribution in [0.4, 0.5) is 21.6 Å². The molecule has 0 saturated carbocycles. The minimum atomic E-state index is -0.628. The smallest absolute Gasteiger partial charge is 0.258 e. The van der Waals surface area contributed by atoms with Gasteiger partial charge in [0.1, 0.15) is 5.82 Å². The molecule has 0 atom stereocenters. The van der Waals surface area contributed by atoms with Crippen molar-refractivity contribution in [3.8, 4) is 11.3 Å². The van der Waals surface area contributed by atoms with E-state index >= 15 is 4.39 Å². The number of anilines is 3. The molecule has 0 spiro atoms. The van der Waals surface area contributed by atoms with Gasteiger partial charge in [0.15, 0.2) is 5.82 Å². The largest absolute Gasteiger partial charge is 0.372 e. The Morgan fingerprint density at radius 2 is 1.62 bits per heavy atom. The number of carbonyl (C=O) groups excluding carboxylic acids is 1. The number of carbonyl (C=O) groups is 1. The number of aromatic nitrogens is 1. The van der Waals surface area contributed by atoms with Gasteiger partial charge < -0.3 is 15.5 Å². The van der Waals surface area contributed by atoms with Crippen LogP contribution in [0.15, 0.2) is 84.9 Å². The molecule has 170 valence electrons. The van der Waals surface area contributed by atoms with Crippen LogP contribution < -0.4 is 21.7 Å². The van der Waals surface area contributed by atoms with Crippen molar-refractivity contribution >= 4 is 23.1 Å². The molecule has 1 amide bonds. The Bertz CT molecular complexity index is 1310. The Kier molecular flexibility index (Phi) is 6.15. The van der Waals surface area contributed by atoms with Crippen molar-refractivity contribution in [2.24, 2.45) is 0 Å². The van der Waals surface area contributed by atoms with Crippen LogP contribution in [0, 0.1) is 5.82 Å². The summed E-state index contributed by atoms with van der Waals surface area (Å²) >= 11 is 0. The van der Waals surface area contributed by atoms with Gasteiger partial charge >= 0.3 is 0 Å². The summed E-state index contributed by atoms with van der Waals surface area (Å²) in [6, 6.07) is 25.4. The van der Waals surface area contributed by atoms with Crippen molar-refractivity contribution in [3.05, 3.63) is 107 Å². The number of amides is 1. The van der Waals surface area contributed by atoms with Crippen molar-refractivity contribution in [1.82, 2.24) is 10.5 Å². The summed E-state index contributed by atoms with van der Waals surface area (Å²) in [5.74, 6) is -0.605. The molecule has 0 aliphatic carbocycles. The van der Waals surface area contributed by atoms with Gasteiger partial charge in [-0.25, -0.2) is 9.37 Å². The van der Waals surface area contributed by atoms with E-state index in [0.717, 1.165) is 16.8 Å².